The minimum Gasteiger partial charge on any atom is -0.481 e. The van der Waals surface area contributed by atoms with Gasteiger partial charge in [-0.3, -0.25) is 9.78 Å². The van der Waals surface area contributed by atoms with Crippen LogP contribution in [-0.4, -0.2) is 58.5 Å². The van der Waals surface area contributed by atoms with Crippen molar-refractivity contribution in [2.24, 2.45) is 0 Å². The van der Waals surface area contributed by atoms with Crippen molar-refractivity contribution >= 4 is 5.91 Å². The summed E-state index contributed by atoms with van der Waals surface area (Å²) in [7, 11) is 3.78. The first-order valence-corrected chi connectivity index (χ1v) is 11.3. The van der Waals surface area contributed by atoms with E-state index in [1.165, 1.54) is 16.8 Å². The molecule has 2 aliphatic heterocycles. The molecular weight excluding hydrogens is 402 g/mol. The lowest BCUT2D eigenvalue weighted by molar-refractivity contribution is 0.0340. The van der Waals surface area contributed by atoms with Gasteiger partial charge in [0, 0.05) is 48.4 Å². The van der Waals surface area contributed by atoms with Crippen molar-refractivity contribution < 1.29 is 9.53 Å². The number of nitrogens with one attached hydrogen (secondary N) is 2. The zero-order chi connectivity index (χ0) is 21.7. The molecule has 2 aliphatic carbocycles. The third-order valence-electron chi connectivity index (χ3n) is 8.05. The molecule has 0 unspecified atom stereocenters. The summed E-state index contributed by atoms with van der Waals surface area (Å²) in [6.45, 7) is 1.98. The third kappa shape index (κ3) is 2.21. The number of methoxy groups -OCH3 is 1. The van der Waals surface area contributed by atoms with E-state index in [4.69, 9.17) is 9.72 Å². The number of aryl methyl sites for hydroxylation is 1. The van der Waals surface area contributed by atoms with Gasteiger partial charge >= 0.3 is 0 Å². The second kappa shape index (κ2) is 5.98. The SMILES string of the molecule is COc1ccc(-c2cc3c(cn2)CCc2c-3[nH]c3c2C(=O)NC2(CC2)C32CN(C)C2)cn1. The topological polar surface area (TPSA) is 83.1 Å². The number of ether oxygens (including phenoxy) is 1. The van der Waals surface area contributed by atoms with E-state index < -0.39 is 0 Å². The summed E-state index contributed by atoms with van der Waals surface area (Å²) in [6.07, 6.45) is 7.68. The van der Waals surface area contributed by atoms with Gasteiger partial charge in [0.15, 0.2) is 0 Å². The van der Waals surface area contributed by atoms with Crippen LogP contribution in [0.15, 0.2) is 30.6 Å². The molecule has 2 fully saturated rings. The Morgan fingerprint density at radius 3 is 2.66 bits per heavy atom. The molecule has 7 nitrogen and oxygen atoms in total. The lowest BCUT2D eigenvalue weighted by Crippen LogP contribution is -2.71. The highest BCUT2D eigenvalue weighted by molar-refractivity contribution is 6.02. The molecule has 32 heavy (non-hydrogen) atoms. The maximum Gasteiger partial charge on any atom is 0.253 e. The molecule has 1 amide bonds. The van der Waals surface area contributed by atoms with Gasteiger partial charge < -0.3 is 19.9 Å². The maximum absolute atomic E-state index is 13.3. The fourth-order valence-corrected chi connectivity index (χ4v) is 6.32. The minimum absolute atomic E-state index is 0.0122. The van der Waals surface area contributed by atoms with Crippen molar-refractivity contribution in [3.63, 3.8) is 0 Å². The van der Waals surface area contributed by atoms with Crippen LogP contribution in [0.1, 0.15) is 40.0 Å². The predicted molar refractivity (Wildman–Crippen MR) is 120 cm³/mol. The van der Waals surface area contributed by atoms with Crippen LogP contribution in [0.5, 0.6) is 5.88 Å². The van der Waals surface area contributed by atoms with Crippen molar-refractivity contribution in [1.82, 2.24) is 25.2 Å². The molecule has 0 radical (unpaired) electrons. The highest BCUT2D eigenvalue weighted by Crippen LogP contribution is 2.59. The van der Waals surface area contributed by atoms with Crippen LogP contribution in [0.25, 0.3) is 22.5 Å². The largest absolute Gasteiger partial charge is 0.481 e. The van der Waals surface area contributed by atoms with Crippen molar-refractivity contribution in [2.75, 3.05) is 27.2 Å². The first kappa shape index (κ1) is 18.4. The number of carbonyl (C=O) groups is 1. The quantitative estimate of drug-likeness (QED) is 0.657. The Morgan fingerprint density at radius 1 is 1.12 bits per heavy atom. The van der Waals surface area contributed by atoms with Gasteiger partial charge in [-0.15, -0.1) is 0 Å². The summed E-state index contributed by atoms with van der Waals surface area (Å²) in [6, 6.07) is 5.97. The van der Waals surface area contributed by atoms with Crippen LogP contribution in [-0.2, 0) is 18.3 Å². The van der Waals surface area contributed by atoms with Crippen molar-refractivity contribution in [1.29, 1.82) is 0 Å². The number of nitrogens with zero attached hydrogens (tertiary/aromatic N) is 3. The maximum atomic E-state index is 13.3. The fourth-order valence-electron chi connectivity index (χ4n) is 6.32. The number of aromatic nitrogens is 3. The second-order valence-corrected chi connectivity index (χ2v) is 9.84. The van der Waals surface area contributed by atoms with E-state index in [1.807, 2.05) is 18.3 Å². The molecule has 2 spiro atoms. The molecule has 0 aromatic carbocycles. The summed E-state index contributed by atoms with van der Waals surface area (Å²) < 4.78 is 5.19. The van der Waals surface area contributed by atoms with Crippen LogP contribution in [0.4, 0.5) is 0 Å². The standard InChI is InChI=1S/C25H25N5O2/c1-30-12-24(13-30)22-20(23(31)29-25(24)7-8-25)16-5-3-14-10-26-18(9-17(14)21(16)28-22)15-4-6-19(32-2)27-11-15/h4,6,9-11,28H,3,5,7-8,12-13H2,1-2H3,(H,29,31). The molecule has 4 aliphatic rings. The number of likely N-dealkylation sites (tertiary alicyclic amines) is 1. The number of carbonyl (C=O) groups excluding carboxylic acids is 1. The van der Waals surface area contributed by atoms with Crippen molar-refractivity contribution in [2.45, 2.75) is 36.6 Å². The Bertz CT molecular complexity index is 1280. The van der Waals surface area contributed by atoms with Gasteiger partial charge in [-0.1, -0.05) is 0 Å². The highest BCUT2D eigenvalue weighted by atomic mass is 16.5. The van der Waals surface area contributed by atoms with E-state index in [0.29, 0.717) is 5.88 Å². The smallest absolute Gasteiger partial charge is 0.253 e. The molecule has 3 aromatic rings. The first-order valence-electron chi connectivity index (χ1n) is 11.3. The zero-order valence-corrected chi connectivity index (χ0v) is 18.3. The molecule has 7 heteroatoms. The number of hydrogen-bond acceptors (Lipinski definition) is 5. The Morgan fingerprint density at radius 2 is 1.97 bits per heavy atom. The summed E-state index contributed by atoms with van der Waals surface area (Å²) in [5, 5.41) is 3.43. The molecule has 0 atom stereocenters. The lowest BCUT2D eigenvalue weighted by atomic mass is 9.65. The van der Waals surface area contributed by atoms with Gasteiger partial charge in [-0.05, 0) is 56.0 Å². The monoisotopic (exact) mass is 427 g/mol. The molecule has 1 saturated heterocycles. The number of hydrogen-bond donors (Lipinski definition) is 2. The number of H-pyrrole nitrogens is 1. The van der Waals surface area contributed by atoms with Gasteiger partial charge in [-0.25, -0.2) is 4.98 Å². The molecule has 3 aromatic heterocycles. The van der Waals surface area contributed by atoms with Crippen LogP contribution >= 0.6 is 0 Å². The van der Waals surface area contributed by atoms with E-state index in [9.17, 15) is 4.79 Å². The molecule has 0 bridgehead atoms. The van der Waals surface area contributed by atoms with E-state index in [-0.39, 0.29) is 16.9 Å². The summed E-state index contributed by atoms with van der Waals surface area (Å²) in [4.78, 5) is 28.5. The van der Waals surface area contributed by atoms with E-state index in [1.54, 1.807) is 13.3 Å². The number of aromatic amines is 1. The molecule has 2 N–H and O–H groups in total. The van der Waals surface area contributed by atoms with Gasteiger partial charge in [0.2, 0.25) is 5.88 Å². The first-order chi connectivity index (χ1) is 15.5. The number of fused-ring (bicyclic) bond motifs is 7. The zero-order valence-electron chi connectivity index (χ0n) is 18.3. The lowest BCUT2D eigenvalue weighted by Gasteiger charge is -2.55. The van der Waals surface area contributed by atoms with Crippen molar-refractivity contribution in [3.05, 3.63) is 53.0 Å². The number of pyridine rings is 2. The Labute approximate surface area is 186 Å². The average Bonchev–Trinajstić information content (AvgIpc) is 3.44. The minimum atomic E-state index is -0.0575. The molecule has 5 heterocycles. The van der Waals surface area contributed by atoms with Gasteiger partial charge in [0.1, 0.15) is 0 Å². The third-order valence-corrected chi connectivity index (χ3v) is 8.05. The van der Waals surface area contributed by atoms with E-state index in [0.717, 1.165) is 66.9 Å². The Kier molecular flexibility index (Phi) is 3.44. The number of amides is 1. The fraction of sp³-hybridized carbons (Fsp3) is 0.400. The van der Waals surface area contributed by atoms with Crippen LogP contribution in [0.2, 0.25) is 0 Å². The van der Waals surface area contributed by atoms with Crippen LogP contribution in [0.3, 0.4) is 0 Å². The summed E-state index contributed by atoms with van der Waals surface area (Å²) in [5.41, 5.74) is 8.49. The average molecular weight is 428 g/mol. The summed E-state index contributed by atoms with van der Waals surface area (Å²) >= 11 is 0. The van der Waals surface area contributed by atoms with Crippen LogP contribution in [0, 0.1) is 0 Å². The Hall–Kier alpha value is -3.19. The second-order valence-electron chi connectivity index (χ2n) is 9.84. The van der Waals surface area contributed by atoms with Crippen molar-refractivity contribution in [3.8, 4) is 28.4 Å². The van der Waals surface area contributed by atoms with Gasteiger partial charge in [0.25, 0.3) is 5.91 Å². The predicted octanol–water partition coefficient (Wildman–Crippen LogP) is 2.71. The van der Waals surface area contributed by atoms with E-state index >= 15 is 0 Å². The van der Waals surface area contributed by atoms with Crippen LogP contribution < -0.4 is 10.1 Å². The van der Waals surface area contributed by atoms with E-state index in [2.05, 4.69) is 33.3 Å². The molecule has 7 rings (SSSR count). The Balaban J connectivity index is 1.38. The number of likely N-dealkylation sites (N-methyl/N-ethyl adjacent to an activating group) is 1. The molecule has 162 valence electrons. The van der Waals surface area contributed by atoms with Gasteiger partial charge in [0.05, 0.1) is 35.0 Å². The molecular formula is C25H25N5O2. The number of rotatable bonds is 2. The summed E-state index contributed by atoms with van der Waals surface area (Å²) in [5.74, 6) is 0.689. The normalized spacial score (nSPS) is 21.4. The van der Waals surface area contributed by atoms with Gasteiger partial charge in [-0.2, -0.15) is 0 Å². The highest BCUT2D eigenvalue weighted by Gasteiger charge is 2.68. The molecule has 1 saturated carbocycles.